The maximum atomic E-state index is 5.77. The number of guanidine groups is 1. The summed E-state index contributed by atoms with van der Waals surface area (Å²) in [4.78, 5) is 4.50. The van der Waals surface area contributed by atoms with E-state index in [9.17, 15) is 0 Å². The zero-order valence-corrected chi connectivity index (χ0v) is 22.3. The van der Waals surface area contributed by atoms with E-state index in [4.69, 9.17) is 9.47 Å². The standard InChI is InChI=1S/C24H40N4O2.HI/c1-18(19-10-8-7-9-11-19)28-24(12-14-30-15-13-24)17-26-21(25-5)27-20-16-23(4,29-6)22(20,2)3;/h7-11,18,20,28H,12-17H2,1-6H3,(H2,25,26,27);1H. The van der Waals surface area contributed by atoms with Crippen LogP contribution in [0.5, 0.6) is 0 Å². The minimum atomic E-state index is -0.0991. The number of hydrogen-bond donors (Lipinski definition) is 3. The van der Waals surface area contributed by atoms with E-state index in [-0.39, 0.29) is 46.6 Å². The van der Waals surface area contributed by atoms with Gasteiger partial charge in [-0.25, -0.2) is 0 Å². The Hall–Kier alpha value is -0.900. The molecule has 7 heteroatoms. The van der Waals surface area contributed by atoms with Gasteiger partial charge in [-0.2, -0.15) is 0 Å². The quantitative estimate of drug-likeness (QED) is 0.276. The number of rotatable bonds is 7. The molecule has 3 unspecified atom stereocenters. The number of nitrogens with zero attached hydrogens (tertiary/aromatic N) is 1. The fraction of sp³-hybridized carbons (Fsp3) is 0.708. The Morgan fingerprint density at radius 1 is 1.19 bits per heavy atom. The highest BCUT2D eigenvalue weighted by atomic mass is 127. The predicted molar refractivity (Wildman–Crippen MR) is 138 cm³/mol. The first-order valence-electron chi connectivity index (χ1n) is 11.2. The third-order valence-corrected chi connectivity index (χ3v) is 7.68. The van der Waals surface area contributed by atoms with Gasteiger partial charge in [0.1, 0.15) is 0 Å². The maximum Gasteiger partial charge on any atom is 0.191 e. The van der Waals surface area contributed by atoms with Crippen LogP contribution in [0.1, 0.15) is 58.6 Å². The lowest BCUT2D eigenvalue weighted by atomic mass is 9.56. The Labute approximate surface area is 205 Å². The number of aliphatic imine (C=N–C) groups is 1. The minimum Gasteiger partial charge on any atom is -0.381 e. The van der Waals surface area contributed by atoms with Crippen molar-refractivity contribution in [3.05, 3.63) is 35.9 Å². The highest BCUT2D eigenvalue weighted by molar-refractivity contribution is 14.0. The molecule has 2 fully saturated rings. The molecule has 0 radical (unpaired) electrons. The van der Waals surface area contributed by atoms with E-state index >= 15 is 0 Å². The fourth-order valence-electron chi connectivity index (χ4n) is 4.75. The summed E-state index contributed by atoms with van der Waals surface area (Å²) in [5.41, 5.74) is 1.22. The van der Waals surface area contributed by atoms with Gasteiger partial charge in [-0.1, -0.05) is 44.2 Å². The summed E-state index contributed by atoms with van der Waals surface area (Å²) >= 11 is 0. The van der Waals surface area contributed by atoms with Crippen LogP contribution >= 0.6 is 24.0 Å². The summed E-state index contributed by atoms with van der Waals surface area (Å²) in [7, 11) is 3.65. The van der Waals surface area contributed by atoms with Crippen molar-refractivity contribution in [3.63, 3.8) is 0 Å². The third-order valence-electron chi connectivity index (χ3n) is 7.68. The SMILES string of the molecule is CN=C(NCC1(NC(C)c2ccccc2)CCOCC1)NC1CC(C)(OC)C1(C)C.I. The first-order chi connectivity index (χ1) is 14.3. The van der Waals surface area contributed by atoms with Gasteiger partial charge in [-0.15, -0.1) is 24.0 Å². The number of halogens is 1. The molecule has 6 nitrogen and oxygen atoms in total. The van der Waals surface area contributed by atoms with Crippen molar-refractivity contribution >= 4 is 29.9 Å². The molecule has 31 heavy (non-hydrogen) atoms. The largest absolute Gasteiger partial charge is 0.381 e. The molecule has 1 aromatic carbocycles. The molecule has 3 N–H and O–H groups in total. The molecule has 2 aliphatic rings. The van der Waals surface area contributed by atoms with Crippen molar-refractivity contribution in [2.75, 3.05) is 33.9 Å². The third kappa shape index (κ3) is 5.72. The molecule has 1 aromatic rings. The van der Waals surface area contributed by atoms with Crippen LogP contribution in [0, 0.1) is 5.41 Å². The smallest absolute Gasteiger partial charge is 0.191 e. The summed E-state index contributed by atoms with van der Waals surface area (Å²) in [6, 6.07) is 11.2. The molecule has 3 atom stereocenters. The Balaban J connectivity index is 0.00000341. The molecule has 0 aromatic heterocycles. The molecule has 0 bridgehead atoms. The Morgan fingerprint density at radius 2 is 1.84 bits per heavy atom. The second-order valence-electron chi connectivity index (χ2n) is 9.65. The van der Waals surface area contributed by atoms with Crippen LogP contribution in [0.3, 0.4) is 0 Å². The lowest BCUT2D eigenvalue weighted by molar-refractivity contribution is -0.176. The molecular weight excluding hydrogens is 503 g/mol. The van der Waals surface area contributed by atoms with Crippen molar-refractivity contribution in [1.29, 1.82) is 0 Å². The van der Waals surface area contributed by atoms with Crippen molar-refractivity contribution in [2.45, 2.75) is 70.2 Å². The molecule has 1 aliphatic carbocycles. The van der Waals surface area contributed by atoms with Crippen molar-refractivity contribution in [1.82, 2.24) is 16.0 Å². The number of ether oxygens (including phenoxy) is 2. The molecule has 0 amide bonds. The zero-order chi connectivity index (χ0) is 21.8. The van der Waals surface area contributed by atoms with E-state index in [0.29, 0.717) is 6.04 Å². The van der Waals surface area contributed by atoms with Gasteiger partial charge in [0, 0.05) is 57.0 Å². The Morgan fingerprint density at radius 3 is 2.39 bits per heavy atom. The monoisotopic (exact) mass is 544 g/mol. The van der Waals surface area contributed by atoms with Crippen LogP contribution in [0.2, 0.25) is 0 Å². The van der Waals surface area contributed by atoms with E-state index in [1.807, 2.05) is 7.05 Å². The second-order valence-corrected chi connectivity index (χ2v) is 9.65. The van der Waals surface area contributed by atoms with Gasteiger partial charge in [-0.05, 0) is 38.7 Å². The van der Waals surface area contributed by atoms with Gasteiger partial charge in [0.25, 0.3) is 0 Å². The van der Waals surface area contributed by atoms with E-state index in [1.165, 1.54) is 5.56 Å². The molecule has 3 rings (SSSR count). The van der Waals surface area contributed by atoms with Gasteiger partial charge in [-0.3, -0.25) is 4.99 Å². The summed E-state index contributed by atoms with van der Waals surface area (Å²) in [5, 5.41) is 11.1. The van der Waals surface area contributed by atoms with Crippen LogP contribution in [-0.4, -0.2) is 57.1 Å². The lowest BCUT2D eigenvalue weighted by Crippen LogP contribution is -2.70. The summed E-state index contributed by atoms with van der Waals surface area (Å²) in [6.45, 7) is 11.3. The number of methoxy groups -OCH3 is 1. The average Bonchev–Trinajstić information content (AvgIpc) is 2.76. The van der Waals surface area contributed by atoms with Crippen LogP contribution in [0.25, 0.3) is 0 Å². The molecule has 0 spiro atoms. The van der Waals surface area contributed by atoms with Gasteiger partial charge < -0.3 is 25.4 Å². The van der Waals surface area contributed by atoms with Gasteiger partial charge >= 0.3 is 0 Å². The van der Waals surface area contributed by atoms with Gasteiger partial charge in [0.2, 0.25) is 0 Å². The molecular formula is C24H41IN4O2. The highest BCUT2D eigenvalue weighted by Gasteiger charge is 2.58. The molecule has 1 saturated heterocycles. The fourth-order valence-corrected chi connectivity index (χ4v) is 4.75. The molecule has 1 aliphatic heterocycles. The maximum absolute atomic E-state index is 5.77. The van der Waals surface area contributed by atoms with E-state index < -0.39 is 0 Å². The van der Waals surface area contributed by atoms with Crippen LogP contribution in [0.4, 0.5) is 0 Å². The average molecular weight is 545 g/mol. The Bertz CT molecular complexity index is 722. The zero-order valence-electron chi connectivity index (χ0n) is 20.0. The topological polar surface area (TPSA) is 66.9 Å². The normalized spacial score (nSPS) is 28.1. The highest BCUT2D eigenvalue weighted by Crippen LogP contribution is 2.51. The summed E-state index contributed by atoms with van der Waals surface area (Å²) in [6.07, 6.45) is 2.93. The first-order valence-corrected chi connectivity index (χ1v) is 11.2. The van der Waals surface area contributed by atoms with Crippen molar-refractivity contribution in [3.8, 4) is 0 Å². The summed E-state index contributed by atoms with van der Waals surface area (Å²) in [5.74, 6) is 0.853. The predicted octanol–water partition coefficient (Wildman–Crippen LogP) is 3.87. The van der Waals surface area contributed by atoms with Crippen molar-refractivity contribution < 1.29 is 9.47 Å². The van der Waals surface area contributed by atoms with E-state index in [1.54, 1.807) is 7.11 Å². The van der Waals surface area contributed by atoms with Crippen LogP contribution in [-0.2, 0) is 9.47 Å². The molecule has 1 heterocycles. The van der Waals surface area contributed by atoms with Crippen molar-refractivity contribution in [2.24, 2.45) is 10.4 Å². The van der Waals surface area contributed by atoms with Crippen LogP contribution in [0.15, 0.2) is 35.3 Å². The Kier molecular flexibility index (Phi) is 9.19. The summed E-state index contributed by atoms with van der Waals surface area (Å²) < 4.78 is 11.4. The molecule has 1 saturated carbocycles. The minimum absolute atomic E-state index is 0. The van der Waals surface area contributed by atoms with Crippen LogP contribution < -0.4 is 16.0 Å². The molecule has 176 valence electrons. The number of benzene rings is 1. The second kappa shape index (κ2) is 10.8. The number of nitrogens with one attached hydrogen (secondary N) is 3. The van der Waals surface area contributed by atoms with E-state index in [2.05, 4.69) is 79.0 Å². The van der Waals surface area contributed by atoms with E-state index in [0.717, 1.165) is 45.0 Å². The first kappa shape index (κ1) is 26.4. The lowest BCUT2D eigenvalue weighted by Gasteiger charge is -2.59. The number of hydrogen-bond acceptors (Lipinski definition) is 4. The van der Waals surface area contributed by atoms with Gasteiger partial charge in [0.15, 0.2) is 5.96 Å². The van der Waals surface area contributed by atoms with Gasteiger partial charge in [0.05, 0.1) is 5.60 Å².